The smallest absolute Gasteiger partial charge is 0.262 e. The Kier molecular flexibility index (Phi) is 12.3. The van der Waals surface area contributed by atoms with Gasteiger partial charge in [0.15, 0.2) is 0 Å². The Balaban J connectivity index is 1.17. The van der Waals surface area contributed by atoms with Crippen molar-refractivity contribution in [1.29, 1.82) is 0 Å². The van der Waals surface area contributed by atoms with E-state index in [2.05, 4.69) is 50.2 Å². The van der Waals surface area contributed by atoms with Crippen molar-refractivity contribution in [2.75, 3.05) is 13.1 Å². The number of hydrogen-bond acceptors (Lipinski definition) is 6. The van der Waals surface area contributed by atoms with E-state index in [9.17, 15) is 14.4 Å². The Bertz CT molecular complexity index is 2170. The summed E-state index contributed by atoms with van der Waals surface area (Å²) in [4.78, 5) is 40.8. The molecule has 2 amide bonds. The highest BCUT2D eigenvalue weighted by molar-refractivity contribution is 6.38. The summed E-state index contributed by atoms with van der Waals surface area (Å²) in [6.07, 6.45) is 17.3. The normalized spacial score (nSPS) is 17.2. The lowest BCUT2D eigenvalue weighted by molar-refractivity contribution is -0.120. The number of halogens is 2. The quantitative estimate of drug-likeness (QED) is 0.112. The predicted octanol–water partition coefficient (Wildman–Crippen LogP) is 6.38. The van der Waals surface area contributed by atoms with E-state index in [-0.39, 0.29) is 29.5 Å². The Morgan fingerprint density at radius 1 is 0.830 bits per heavy atom. The lowest BCUT2D eigenvalue weighted by Gasteiger charge is -2.12. The molecule has 53 heavy (non-hydrogen) atoms. The molecule has 10 nitrogen and oxygen atoms in total. The molecule has 0 saturated carbocycles. The van der Waals surface area contributed by atoms with Gasteiger partial charge >= 0.3 is 0 Å². The molecule has 0 unspecified atom stereocenters. The molecule has 4 N–H and O–H groups in total. The Morgan fingerprint density at radius 2 is 1.40 bits per heavy atom. The Morgan fingerprint density at radius 3 is 1.92 bits per heavy atom. The monoisotopic (exact) mass is 751 g/mol. The molecular weight excluding hydrogens is 709 g/mol. The van der Waals surface area contributed by atoms with Crippen LogP contribution in [0.3, 0.4) is 0 Å². The number of carbonyl (C=O) groups is 2. The molecule has 2 saturated heterocycles. The molecule has 6 rings (SSSR count). The van der Waals surface area contributed by atoms with Crippen LogP contribution in [0.25, 0.3) is 47.7 Å². The van der Waals surface area contributed by atoms with Crippen molar-refractivity contribution in [2.24, 2.45) is 7.05 Å². The number of aromatic nitrogens is 3. The maximum absolute atomic E-state index is 13.2. The van der Waals surface area contributed by atoms with Crippen LogP contribution < -0.4 is 26.8 Å². The number of nitrogens with one attached hydrogen (secondary N) is 4. The van der Waals surface area contributed by atoms with Crippen molar-refractivity contribution in [3.05, 3.63) is 122 Å². The summed E-state index contributed by atoms with van der Waals surface area (Å²) in [5, 5.41) is 13.7. The van der Waals surface area contributed by atoms with Gasteiger partial charge in [-0.25, -0.2) is 4.98 Å². The first-order chi connectivity index (χ1) is 25.7. The van der Waals surface area contributed by atoms with E-state index in [0.29, 0.717) is 60.5 Å². The van der Waals surface area contributed by atoms with Crippen molar-refractivity contribution in [1.82, 2.24) is 35.4 Å². The van der Waals surface area contributed by atoms with Crippen molar-refractivity contribution < 1.29 is 9.59 Å². The van der Waals surface area contributed by atoms with Gasteiger partial charge in [-0.15, -0.1) is 0 Å². The summed E-state index contributed by atoms with van der Waals surface area (Å²) in [5.41, 5.74) is 6.50. The third-order valence-electron chi connectivity index (χ3n) is 9.59. The zero-order chi connectivity index (χ0) is 37.5. The molecule has 2 aromatic heterocycles. The minimum absolute atomic E-state index is 0.0533. The number of amides is 2. The highest BCUT2D eigenvalue weighted by Crippen LogP contribution is 2.38. The van der Waals surface area contributed by atoms with Gasteiger partial charge in [-0.3, -0.25) is 19.0 Å². The maximum atomic E-state index is 13.2. The first kappa shape index (κ1) is 37.7. The minimum Gasteiger partial charge on any atom is -0.352 e. The topological polar surface area (TPSA) is 122 Å². The molecule has 274 valence electrons. The van der Waals surface area contributed by atoms with Gasteiger partial charge in [0, 0.05) is 105 Å². The van der Waals surface area contributed by atoms with Gasteiger partial charge in [-0.05, 0) is 47.8 Å². The van der Waals surface area contributed by atoms with Crippen LogP contribution in [0.4, 0.5) is 0 Å². The van der Waals surface area contributed by atoms with Crippen molar-refractivity contribution in [3.8, 4) is 11.1 Å². The summed E-state index contributed by atoms with van der Waals surface area (Å²) in [7, 11) is 2.00. The second kappa shape index (κ2) is 17.2. The highest BCUT2D eigenvalue weighted by atomic mass is 35.5. The molecule has 12 heteroatoms. The Labute approximate surface area is 319 Å². The van der Waals surface area contributed by atoms with Gasteiger partial charge in [-0.2, -0.15) is 0 Å². The van der Waals surface area contributed by atoms with Crippen molar-refractivity contribution in [2.45, 2.75) is 50.9 Å². The van der Waals surface area contributed by atoms with Crippen LogP contribution >= 0.6 is 23.2 Å². The van der Waals surface area contributed by atoms with Crippen LogP contribution in [0, 0.1) is 0 Å². The van der Waals surface area contributed by atoms with Crippen molar-refractivity contribution >= 4 is 71.6 Å². The van der Waals surface area contributed by atoms with E-state index in [4.69, 9.17) is 23.2 Å². The number of benzene rings is 2. The first-order valence-electron chi connectivity index (χ1n) is 17.6. The van der Waals surface area contributed by atoms with E-state index in [0.717, 1.165) is 51.9 Å². The summed E-state index contributed by atoms with van der Waals surface area (Å²) >= 11 is 14.0. The standard InChI is InChI=1S/C41H43Cl2N7O3/c1-4-32-29(21-45-24-31-15-19-38(52)48-31)25-49(3)35(32)16-12-26-8-6-10-33(39(26)42)34-11-7-9-27(40(34)43)13-17-36-46-22-28(41(53)50(36)5-2)20-44-23-30-14-18-37(51)47-30/h4-13,16-17,22,25,30-31,44-45H,1-2,14-15,18-21,23-24H2,3H3,(H,47,51)(H,48,52)/b16-12+,17-13+/t30-,31-/m0/s1. The zero-order valence-electron chi connectivity index (χ0n) is 29.6. The second-order valence-electron chi connectivity index (χ2n) is 13.2. The van der Waals surface area contributed by atoms with Gasteiger partial charge in [0.05, 0.1) is 10.0 Å². The molecule has 2 aromatic carbocycles. The van der Waals surface area contributed by atoms with E-state index in [1.54, 1.807) is 12.3 Å². The van der Waals surface area contributed by atoms with E-state index >= 15 is 0 Å². The zero-order valence-corrected chi connectivity index (χ0v) is 31.1. The lowest BCUT2D eigenvalue weighted by atomic mass is 10.00. The summed E-state index contributed by atoms with van der Waals surface area (Å²) in [6, 6.07) is 11.8. The van der Waals surface area contributed by atoms with Gasteiger partial charge in [0.2, 0.25) is 11.8 Å². The van der Waals surface area contributed by atoms with Crippen LogP contribution in [0.15, 0.2) is 66.7 Å². The molecule has 0 bridgehead atoms. The number of carbonyl (C=O) groups excluding carboxylic acids is 2. The largest absolute Gasteiger partial charge is 0.352 e. The molecule has 2 fully saturated rings. The molecule has 0 aliphatic carbocycles. The molecule has 0 spiro atoms. The molecule has 4 aromatic rings. The average molecular weight is 753 g/mol. The highest BCUT2D eigenvalue weighted by Gasteiger charge is 2.21. The van der Waals surface area contributed by atoms with Crippen LogP contribution in [-0.4, -0.2) is 51.1 Å². The third kappa shape index (κ3) is 8.80. The fraction of sp³-hybridized carbons (Fsp3) is 0.268. The Hall–Kier alpha value is -5.00. The lowest BCUT2D eigenvalue weighted by Crippen LogP contribution is -2.36. The van der Waals surface area contributed by atoms with E-state index < -0.39 is 0 Å². The van der Waals surface area contributed by atoms with Crippen LogP contribution in [0.1, 0.15) is 65.0 Å². The van der Waals surface area contributed by atoms with Gasteiger partial charge in [0.1, 0.15) is 5.82 Å². The SMILES string of the molecule is C=Cc1c(CNC[C@@H]2CCC(=O)N2)cn(C)c1/C=C/c1cccc(-c2cccc(/C=C/c3ncc(CNC[C@@H]4CCC(=O)N4)c(=O)n3C=C)c2Cl)c1Cl. The first-order valence-corrected chi connectivity index (χ1v) is 18.4. The molecule has 2 aliphatic heterocycles. The second-order valence-corrected chi connectivity index (χ2v) is 14.0. The molecular formula is C41H43Cl2N7O3. The van der Waals surface area contributed by atoms with Crippen molar-refractivity contribution in [3.63, 3.8) is 0 Å². The molecule has 4 heterocycles. The van der Waals surface area contributed by atoms with Gasteiger partial charge in [0.25, 0.3) is 5.56 Å². The van der Waals surface area contributed by atoms with Gasteiger partial charge < -0.3 is 25.8 Å². The van der Waals surface area contributed by atoms with Gasteiger partial charge in [-0.1, -0.05) is 84.9 Å². The molecule has 2 aliphatic rings. The average Bonchev–Trinajstić information content (AvgIpc) is 3.85. The fourth-order valence-electron chi connectivity index (χ4n) is 6.78. The number of nitrogens with zero attached hydrogens (tertiary/aromatic N) is 3. The summed E-state index contributed by atoms with van der Waals surface area (Å²) in [6.45, 7) is 10.2. The fourth-order valence-corrected chi connectivity index (χ4v) is 7.36. The third-order valence-corrected chi connectivity index (χ3v) is 10.4. The predicted molar refractivity (Wildman–Crippen MR) is 216 cm³/mol. The molecule has 2 atom stereocenters. The van der Waals surface area contributed by atoms with E-state index in [1.165, 1.54) is 10.8 Å². The minimum atomic E-state index is -0.229. The van der Waals surface area contributed by atoms with Crippen LogP contribution in [-0.2, 0) is 29.7 Å². The summed E-state index contributed by atoms with van der Waals surface area (Å²) in [5.74, 6) is 0.572. The molecule has 0 radical (unpaired) electrons. The summed E-state index contributed by atoms with van der Waals surface area (Å²) < 4.78 is 3.47. The maximum Gasteiger partial charge on any atom is 0.262 e. The number of aryl methyl sites for hydroxylation is 1. The van der Waals surface area contributed by atoms with Crippen LogP contribution in [0.5, 0.6) is 0 Å². The number of rotatable bonds is 15. The van der Waals surface area contributed by atoms with Crippen LogP contribution in [0.2, 0.25) is 10.0 Å². The van der Waals surface area contributed by atoms with E-state index in [1.807, 2.05) is 67.7 Å². The number of hydrogen-bond donors (Lipinski definition) is 4.